The molecule has 14 heavy (non-hydrogen) atoms. The molecule has 0 aromatic heterocycles. The van der Waals surface area contributed by atoms with E-state index in [-0.39, 0.29) is 6.42 Å². The van der Waals surface area contributed by atoms with E-state index in [0.717, 1.165) is 0 Å². The lowest BCUT2D eigenvalue weighted by Crippen LogP contribution is -2.27. The van der Waals surface area contributed by atoms with Crippen LogP contribution in [0.25, 0.3) is 0 Å². The molecule has 1 unspecified atom stereocenters. The highest BCUT2D eigenvalue weighted by Crippen LogP contribution is 2.49. The zero-order valence-corrected chi connectivity index (χ0v) is 7.40. The van der Waals surface area contributed by atoms with Gasteiger partial charge in [0.2, 0.25) is 0 Å². The summed E-state index contributed by atoms with van der Waals surface area (Å²) in [6.45, 7) is 0. The van der Waals surface area contributed by atoms with Crippen LogP contribution in [0, 0.1) is 0 Å². The Morgan fingerprint density at radius 2 is 2.14 bits per heavy atom. The van der Waals surface area contributed by atoms with E-state index in [1.54, 1.807) is 30.3 Å². The number of alkyl halides is 1. The van der Waals surface area contributed by atoms with Gasteiger partial charge in [-0.25, -0.2) is 9.18 Å². The zero-order valence-electron chi connectivity index (χ0n) is 7.40. The van der Waals surface area contributed by atoms with Gasteiger partial charge in [0.15, 0.2) is 5.67 Å². The Balaban J connectivity index is 2.11. The third-order valence-corrected chi connectivity index (χ3v) is 2.44. The fourth-order valence-corrected chi connectivity index (χ4v) is 1.59. The van der Waals surface area contributed by atoms with E-state index in [1.165, 1.54) is 0 Å². The van der Waals surface area contributed by atoms with E-state index >= 15 is 0 Å². The van der Waals surface area contributed by atoms with Gasteiger partial charge in [-0.2, -0.15) is 0 Å². The molecule has 0 spiro atoms. The van der Waals surface area contributed by atoms with Gasteiger partial charge in [0.05, 0.1) is 6.04 Å². The predicted octanol–water partition coefficient (Wildman–Crippen LogP) is 1.89. The number of carboxylic acid groups (broad SMARTS) is 1. The third kappa shape index (κ3) is 1.43. The lowest BCUT2D eigenvalue weighted by molar-refractivity contribution is 0.189. The van der Waals surface area contributed by atoms with Gasteiger partial charge in [0, 0.05) is 6.42 Å². The molecular weight excluding hydrogens is 185 g/mol. The van der Waals surface area contributed by atoms with Gasteiger partial charge in [-0.15, -0.1) is 0 Å². The normalized spacial score (nSPS) is 29.6. The van der Waals surface area contributed by atoms with Crippen molar-refractivity contribution >= 4 is 6.09 Å². The van der Waals surface area contributed by atoms with Crippen LogP contribution in [0.3, 0.4) is 0 Å². The summed E-state index contributed by atoms with van der Waals surface area (Å²) in [6, 6.07) is 8.03. The fraction of sp³-hybridized carbons (Fsp3) is 0.300. The summed E-state index contributed by atoms with van der Waals surface area (Å²) in [5, 5.41) is 10.6. The molecule has 1 amide bonds. The Bertz CT molecular complexity index is 354. The maximum atomic E-state index is 13.9. The molecule has 1 saturated carbocycles. The van der Waals surface area contributed by atoms with Crippen molar-refractivity contribution < 1.29 is 14.3 Å². The van der Waals surface area contributed by atoms with Crippen LogP contribution in [-0.2, 0) is 5.67 Å². The number of rotatable bonds is 2. The third-order valence-electron chi connectivity index (χ3n) is 2.44. The topological polar surface area (TPSA) is 49.3 Å². The first-order chi connectivity index (χ1) is 6.63. The van der Waals surface area contributed by atoms with Gasteiger partial charge in [-0.05, 0) is 5.56 Å². The minimum absolute atomic E-state index is 0.226. The number of carbonyl (C=O) groups is 1. The molecule has 0 radical (unpaired) electrons. The highest BCUT2D eigenvalue weighted by molar-refractivity contribution is 5.66. The molecule has 2 rings (SSSR count). The molecule has 1 aromatic carbocycles. The van der Waals surface area contributed by atoms with Gasteiger partial charge in [-0.3, -0.25) is 0 Å². The molecule has 3 nitrogen and oxygen atoms in total. The van der Waals surface area contributed by atoms with Crippen molar-refractivity contribution in [2.45, 2.75) is 18.1 Å². The first-order valence-electron chi connectivity index (χ1n) is 4.37. The SMILES string of the molecule is O=C(O)NC1C[C@]1(F)c1ccccc1. The average Bonchev–Trinajstić information content (AvgIpc) is 2.79. The second-order valence-electron chi connectivity index (χ2n) is 3.43. The van der Waals surface area contributed by atoms with Crippen molar-refractivity contribution in [3.8, 4) is 0 Å². The quantitative estimate of drug-likeness (QED) is 0.757. The van der Waals surface area contributed by atoms with Gasteiger partial charge in [0.1, 0.15) is 0 Å². The van der Waals surface area contributed by atoms with E-state index < -0.39 is 17.8 Å². The van der Waals surface area contributed by atoms with Crippen molar-refractivity contribution in [3.63, 3.8) is 0 Å². The summed E-state index contributed by atoms with van der Waals surface area (Å²) in [5.41, 5.74) is -0.960. The number of hydrogen-bond acceptors (Lipinski definition) is 1. The van der Waals surface area contributed by atoms with E-state index in [2.05, 4.69) is 5.32 Å². The van der Waals surface area contributed by atoms with Gasteiger partial charge in [-0.1, -0.05) is 30.3 Å². The van der Waals surface area contributed by atoms with Crippen LogP contribution in [-0.4, -0.2) is 17.2 Å². The van der Waals surface area contributed by atoms with Crippen LogP contribution in [0.4, 0.5) is 9.18 Å². The van der Waals surface area contributed by atoms with Crippen molar-refractivity contribution in [3.05, 3.63) is 35.9 Å². The first kappa shape index (κ1) is 8.99. The van der Waals surface area contributed by atoms with Crippen molar-refractivity contribution in [1.29, 1.82) is 0 Å². The molecule has 0 aliphatic heterocycles. The molecule has 1 aliphatic rings. The Morgan fingerprint density at radius 1 is 1.50 bits per heavy atom. The van der Waals surface area contributed by atoms with Gasteiger partial charge in [0.25, 0.3) is 0 Å². The van der Waals surface area contributed by atoms with Crippen LogP contribution >= 0.6 is 0 Å². The van der Waals surface area contributed by atoms with Crippen LogP contribution < -0.4 is 5.32 Å². The summed E-state index contributed by atoms with van der Waals surface area (Å²) in [5.74, 6) is 0. The zero-order chi connectivity index (χ0) is 10.2. The van der Waals surface area contributed by atoms with E-state index in [4.69, 9.17) is 5.11 Å². The second kappa shape index (κ2) is 2.97. The summed E-state index contributed by atoms with van der Waals surface area (Å²) < 4.78 is 13.9. The molecule has 4 heteroatoms. The molecule has 1 fully saturated rings. The van der Waals surface area contributed by atoms with Crippen molar-refractivity contribution in [2.75, 3.05) is 0 Å². The van der Waals surface area contributed by atoms with E-state index in [1.807, 2.05) is 0 Å². The Morgan fingerprint density at radius 3 is 2.71 bits per heavy atom. The standard InChI is InChI=1S/C10H10FNO2/c11-10(6-8(10)12-9(13)14)7-4-2-1-3-5-7/h1-5,8,12H,6H2,(H,13,14)/t8?,10-/m0/s1. The largest absolute Gasteiger partial charge is 0.465 e. The van der Waals surface area contributed by atoms with Crippen LogP contribution in [0.2, 0.25) is 0 Å². The minimum atomic E-state index is -1.50. The molecule has 1 aromatic rings. The van der Waals surface area contributed by atoms with E-state index in [0.29, 0.717) is 5.56 Å². The highest BCUT2D eigenvalue weighted by atomic mass is 19.1. The maximum Gasteiger partial charge on any atom is 0.405 e. The molecule has 2 N–H and O–H groups in total. The number of hydrogen-bond donors (Lipinski definition) is 2. The van der Waals surface area contributed by atoms with Crippen molar-refractivity contribution in [1.82, 2.24) is 5.32 Å². The molecule has 0 bridgehead atoms. The van der Waals surface area contributed by atoms with E-state index in [9.17, 15) is 9.18 Å². The Hall–Kier alpha value is -1.58. The van der Waals surface area contributed by atoms with Gasteiger partial charge < -0.3 is 10.4 Å². The number of benzene rings is 1. The molecule has 2 atom stereocenters. The first-order valence-corrected chi connectivity index (χ1v) is 4.37. The number of halogens is 1. The second-order valence-corrected chi connectivity index (χ2v) is 3.43. The summed E-state index contributed by atoms with van der Waals surface area (Å²) in [6.07, 6.45) is -0.950. The number of nitrogens with one attached hydrogen (secondary N) is 1. The van der Waals surface area contributed by atoms with Crippen LogP contribution in [0.15, 0.2) is 30.3 Å². The maximum absolute atomic E-state index is 13.9. The molecule has 1 aliphatic carbocycles. The summed E-state index contributed by atoms with van der Waals surface area (Å²) >= 11 is 0. The monoisotopic (exact) mass is 195 g/mol. The fourth-order valence-electron chi connectivity index (χ4n) is 1.59. The van der Waals surface area contributed by atoms with Crippen molar-refractivity contribution in [2.24, 2.45) is 0 Å². The molecule has 74 valence electrons. The minimum Gasteiger partial charge on any atom is -0.465 e. The molecular formula is C10H10FNO2. The molecule has 0 saturated heterocycles. The van der Waals surface area contributed by atoms with Gasteiger partial charge >= 0.3 is 6.09 Å². The summed E-state index contributed by atoms with van der Waals surface area (Å²) in [4.78, 5) is 10.3. The average molecular weight is 195 g/mol. The van der Waals surface area contributed by atoms with Crippen LogP contribution in [0.1, 0.15) is 12.0 Å². The van der Waals surface area contributed by atoms with Crippen LogP contribution in [0.5, 0.6) is 0 Å². The highest BCUT2D eigenvalue weighted by Gasteiger charge is 2.57. The summed E-state index contributed by atoms with van der Waals surface area (Å²) in [7, 11) is 0. The lowest BCUT2D eigenvalue weighted by atomic mass is 10.1. The smallest absolute Gasteiger partial charge is 0.405 e. The Kier molecular flexibility index (Phi) is 1.91. The lowest BCUT2D eigenvalue weighted by Gasteiger charge is -2.07. The number of amides is 1. The predicted molar refractivity (Wildman–Crippen MR) is 48.8 cm³/mol. The Labute approximate surface area is 80.6 Å². The molecule has 0 heterocycles.